The molecule has 1 aliphatic heterocycles. The maximum absolute atomic E-state index is 13.0. The van der Waals surface area contributed by atoms with Crippen LogP contribution >= 0.6 is 12.2 Å². The van der Waals surface area contributed by atoms with Crippen LogP contribution in [0.2, 0.25) is 0 Å². The Bertz CT molecular complexity index is 1260. The number of carbonyl (C=O) groups is 3. The second-order valence-corrected chi connectivity index (χ2v) is 7.25. The summed E-state index contributed by atoms with van der Waals surface area (Å²) >= 11 is 5.18. The number of thiocarbonyl (C=S) groups is 1. The van der Waals surface area contributed by atoms with Crippen LogP contribution < -0.4 is 15.3 Å². The minimum Gasteiger partial charge on any atom is -0.545 e. The molecule has 2 heterocycles. The van der Waals surface area contributed by atoms with E-state index in [9.17, 15) is 19.5 Å². The fourth-order valence-electron chi connectivity index (χ4n) is 3.11. The van der Waals surface area contributed by atoms with Crippen molar-refractivity contribution in [2.45, 2.75) is 6.92 Å². The lowest BCUT2D eigenvalue weighted by Gasteiger charge is -2.28. The average molecular weight is 431 g/mol. The van der Waals surface area contributed by atoms with Gasteiger partial charge in [-0.05, 0) is 61.1 Å². The van der Waals surface area contributed by atoms with Gasteiger partial charge in [0.15, 0.2) is 5.11 Å². The van der Waals surface area contributed by atoms with E-state index in [1.165, 1.54) is 23.1 Å². The number of aryl methyl sites for hydroxylation is 1. The quantitative estimate of drug-likeness (QED) is 0.387. The maximum Gasteiger partial charge on any atom is 0.270 e. The monoisotopic (exact) mass is 431 g/mol. The lowest BCUT2D eigenvalue weighted by atomic mass is 10.1. The Morgan fingerprint density at radius 3 is 2.55 bits per heavy atom. The lowest BCUT2D eigenvalue weighted by Crippen LogP contribution is -2.54. The molecule has 0 atom stereocenters. The van der Waals surface area contributed by atoms with Gasteiger partial charge in [0.25, 0.3) is 11.8 Å². The fraction of sp³-hybridized carbons (Fsp3) is 0.0435. The highest BCUT2D eigenvalue weighted by molar-refractivity contribution is 7.80. The van der Waals surface area contributed by atoms with Crippen LogP contribution in [0.3, 0.4) is 0 Å². The zero-order valence-corrected chi connectivity index (χ0v) is 17.1. The maximum atomic E-state index is 13.0. The first-order chi connectivity index (χ1) is 14.8. The fourth-order valence-corrected chi connectivity index (χ4v) is 3.39. The molecule has 1 aliphatic rings. The van der Waals surface area contributed by atoms with Crippen LogP contribution in [0.4, 0.5) is 5.69 Å². The number of furan rings is 1. The SMILES string of the molecule is Cc1ccc(N2C(=O)/C(=C\c3ccc(-c4cccc(C(=O)[O-])c4)o3)C(=O)NC2=S)cc1. The molecule has 154 valence electrons. The number of rotatable bonds is 4. The number of aromatic carboxylic acids is 1. The summed E-state index contributed by atoms with van der Waals surface area (Å²) in [5.74, 6) is -1.87. The molecule has 1 fully saturated rings. The molecule has 2 amide bonds. The normalized spacial score (nSPS) is 15.3. The zero-order chi connectivity index (χ0) is 22.1. The van der Waals surface area contributed by atoms with Gasteiger partial charge in [-0.1, -0.05) is 35.9 Å². The second-order valence-electron chi connectivity index (χ2n) is 6.86. The van der Waals surface area contributed by atoms with Crippen molar-refractivity contribution < 1.29 is 23.9 Å². The van der Waals surface area contributed by atoms with Gasteiger partial charge in [-0.15, -0.1) is 0 Å². The molecule has 3 aromatic rings. The van der Waals surface area contributed by atoms with Crippen molar-refractivity contribution >= 4 is 46.9 Å². The van der Waals surface area contributed by atoms with Crippen molar-refractivity contribution in [2.75, 3.05) is 4.90 Å². The van der Waals surface area contributed by atoms with Crippen LogP contribution in [0.15, 0.2) is 70.7 Å². The minimum absolute atomic E-state index is 0.00441. The molecule has 7 nitrogen and oxygen atoms in total. The summed E-state index contributed by atoms with van der Waals surface area (Å²) in [6.45, 7) is 1.92. The highest BCUT2D eigenvalue weighted by Crippen LogP contribution is 2.26. The van der Waals surface area contributed by atoms with Crippen molar-refractivity contribution in [2.24, 2.45) is 0 Å². The molecule has 1 N–H and O–H groups in total. The van der Waals surface area contributed by atoms with Gasteiger partial charge >= 0.3 is 0 Å². The number of carboxylic acid groups (broad SMARTS) is 1. The average Bonchev–Trinajstić information content (AvgIpc) is 3.21. The first kappa shape index (κ1) is 20.2. The van der Waals surface area contributed by atoms with Crippen LogP contribution in [-0.2, 0) is 9.59 Å². The van der Waals surface area contributed by atoms with Crippen molar-refractivity contribution in [1.82, 2.24) is 5.32 Å². The van der Waals surface area contributed by atoms with E-state index in [2.05, 4.69) is 5.32 Å². The molecular formula is C23H15N2O5S-. The molecule has 0 bridgehead atoms. The number of hydrogen-bond acceptors (Lipinski definition) is 6. The summed E-state index contributed by atoms with van der Waals surface area (Å²) in [6, 6.07) is 16.4. The first-order valence-electron chi connectivity index (χ1n) is 9.23. The Balaban J connectivity index is 1.66. The highest BCUT2D eigenvalue weighted by atomic mass is 32.1. The Morgan fingerprint density at radius 2 is 1.84 bits per heavy atom. The van der Waals surface area contributed by atoms with E-state index in [0.29, 0.717) is 17.0 Å². The summed E-state index contributed by atoms with van der Waals surface area (Å²) in [7, 11) is 0. The largest absolute Gasteiger partial charge is 0.545 e. The van der Waals surface area contributed by atoms with Crippen LogP contribution in [0.25, 0.3) is 17.4 Å². The number of benzene rings is 2. The Morgan fingerprint density at radius 1 is 1.10 bits per heavy atom. The number of hydrogen-bond donors (Lipinski definition) is 1. The predicted molar refractivity (Wildman–Crippen MR) is 116 cm³/mol. The Labute approximate surface area is 182 Å². The summed E-state index contributed by atoms with van der Waals surface area (Å²) < 4.78 is 5.71. The number of nitrogens with one attached hydrogen (secondary N) is 1. The van der Waals surface area contributed by atoms with E-state index in [0.717, 1.165) is 5.56 Å². The molecule has 1 saturated heterocycles. The summed E-state index contributed by atoms with van der Waals surface area (Å²) in [4.78, 5) is 37.8. The van der Waals surface area contributed by atoms with E-state index in [1.54, 1.807) is 36.4 Å². The van der Waals surface area contributed by atoms with E-state index in [1.807, 2.05) is 19.1 Å². The van der Waals surface area contributed by atoms with Crippen molar-refractivity contribution in [3.63, 3.8) is 0 Å². The number of carboxylic acids is 1. The van der Waals surface area contributed by atoms with Crippen LogP contribution in [0, 0.1) is 6.92 Å². The summed E-state index contributed by atoms with van der Waals surface area (Å²) in [5.41, 5.74) is 1.94. The number of anilines is 1. The molecule has 0 radical (unpaired) electrons. The van der Waals surface area contributed by atoms with Crippen molar-refractivity contribution in [1.29, 1.82) is 0 Å². The molecule has 0 saturated carbocycles. The van der Waals surface area contributed by atoms with Gasteiger partial charge in [0, 0.05) is 5.56 Å². The Kier molecular flexibility index (Phi) is 5.22. The Hall–Kier alpha value is -4.04. The summed E-state index contributed by atoms with van der Waals surface area (Å²) in [5, 5.41) is 13.6. The molecule has 0 unspecified atom stereocenters. The third-order valence-corrected chi connectivity index (χ3v) is 4.97. The zero-order valence-electron chi connectivity index (χ0n) is 16.2. The number of nitrogens with zero attached hydrogens (tertiary/aromatic N) is 1. The van der Waals surface area contributed by atoms with Crippen LogP contribution in [-0.4, -0.2) is 22.9 Å². The first-order valence-corrected chi connectivity index (χ1v) is 9.64. The third kappa shape index (κ3) is 4.01. The van der Waals surface area contributed by atoms with Gasteiger partial charge in [0.2, 0.25) is 0 Å². The van der Waals surface area contributed by atoms with E-state index < -0.39 is 17.8 Å². The van der Waals surface area contributed by atoms with Crippen molar-refractivity contribution in [3.8, 4) is 11.3 Å². The molecule has 4 rings (SSSR count). The number of carbonyl (C=O) groups excluding carboxylic acids is 3. The highest BCUT2D eigenvalue weighted by Gasteiger charge is 2.34. The molecule has 2 aromatic carbocycles. The van der Waals surface area contributed by atoms with E-state index in [4.69, 9.17) is 16.6 Å². The van der Waals surface area contributed by atoms with Crippen LogP contribution in [0.5, 0.6) is 0 Å². The van der Waals surface area contributed by atoms with Gasteiger partial charge in [-0.3, -0.25) is 19.8 Å². The molecule has 31 heavy (non-hydrogen) atoms. The van der Waals surface area contributed by atoms with Crippen LogP contribution in [0.1, 0.15) is 21.7 Å². The predicted octanol–water partition coefficient (Wildman–Crippen LogP) is 2.45. The molecular weight excluding hydrogens is 416 g/mol. The standard InChI is InChI=1S/C23H16N2O5S/c1-13-5-7-16(8-6-13)25-21(27)18(20(26)24-23(25)31)12-17-9-10-19(30-17)14-3-2-4-15(11-14)22(28)29/h2-12H,1H3,(H,28,29)(H,24,26,31)/p-1/b18-12-. The summed E-state index contributed by atoms with van der Waals surface area (Å²) in [6.07, 6.45) is 1.33. The number of amides is 2. The van der Waals surface area contributed by atoms with Gasteiger partial charge in [0.05, 0.1) is 11.7 Å². The topological polar surface area (TPSA) is 103 Å². The molecule has 1 aromatic heterocycles. The van der Waals surface area contributed by atoms with Gasteiger partial charge in [-0.2, -0.15) is 0 Å². The molecule has 0 aliphatic carbocycles. The van der Waals surface area contributed by atoms with Gasteiger partial charge < -0.3 is 14.3 Å². The van der Waals surface area contributed by atoms with Gasteiger partial charge in [-0.25, -0.2) is 0 Å². The van der Waals surface area contributed by atoms with E-state index >= 15 is 0 Å². The van der Waals surface area contributed by atoms with Crippen molar-refractivity contribution in [3.05, 3.63) is 83.1 Å². The smallest absolute Gasteiger partial charge is 0.270 e. The second kappa shape index (κ2) is 8.00. The van der Waals surface area contributed by atoms with Gasteiger partial charge in [0.1, 0.15) is 17.1 Å². The molecule has 0 spiro atoms. The lowest BCUT2D eigenvalue weighted by molar-refractivity contribution is -0.255. The third-order valence-electron chi connectivity index (χ3n) is 4.69. The molecule has 8 heteroatoms. The van der Waals surface area contributed by atoms with E-state index in [-0.39, 0.29) is 22.0 Å². The minimum atomic E-state index is -1.30.